The molecule has 6 nitrogen and oxygen atoms in total. The zero-order chi connectivity index (χ0) is 13.1. The van der Waals surface area contributed by atoms with Crippen molar-refractivity contribution in [3.05, 3.63) is 18.0 Å². The van der Waals surface area contributed by atoms with Crippen LogP contribution in [0.4, 0.5) is 0 Å². The van der Waals surface area contributed by atoms with Crippen molar-refractivity contribution >= 4 is 5.91 Å². The van der Waals surface area contributed by atoms with Gasteiger partial charge in [-0.25, -0.2) is 0 Å². The molecule has 0 radical (unpaired) electrons. The van der Waals surface area contributed by atoms with E-state index >= 15 is 0 Å². The smallest absolute Gasteiger partial charge is 0.269 e. The number of aromatic nitrogens is 2. The molecule has 0 bridgehead atoms. The van der Waals surface area contributed by atoms with E-state index in [9.17, 15) is 15.0 Å². The number of carbonyl (C=O) groups excluding carboxylic acids is 1. The molecule has 3 N–H and O–H groups in total. The summed E-state index contributed by atoms with van der Waals surface area (Å²) in [7, 11) is 1.69. The van der Waals surface area contributed by atoms with E-state index in [2.05, 4.69) is 10.4 Å². The molecular weight excluding hydrogens is 234 g/mol. The number of aliphatic hydroxyl groups is 2. The third kappa shape index (κ3) is 2.70. The van der Waals surface area contributed by atoms with Crippen LogP contribution < -0.4 is 5.32 Å². The SMILES string of the molecule is Cn1nccc1C(=O)N[C@@H]1CCCC[C@@H](O)[C@@H]1O. The van der Waals surface area contributed by atoms with E-state index in [0.29, 0.717) is 18.5 Å². The Kier molecular flexibility index (Phi) is 3.98. The molecule has 1 fully saturated rings. The molecule has 1 heterocycles. The normalized spacial score (nSPS) is 28.7. The summed E-state index contributed by atoms with van der Waals surface area (Å²) in [5, 5.41) is 26.4. The molecule has 100 valence electrons. The molecule has 18 heavy (non-hydrogen) atoms. The third-order valence-electron chi connectivity index (χ3n) is 3.44. The molecule has 1 aromatic heterocycles. The lowest BCUT2D eigenvalue weighted by atomic mass is 10.0. The van der Waals surface area contributed by atoms with Gasteiger partial charge in [-0.3, -0.25) is 9.48 Å². The van der Waals surface area contributed by atoms with Crippen LogP contribution in [-0.4, -0.2) is 44.2 Å². The first-order chi connectivity index (χ1) is 8.59. The maximum absolute atomic E-state index is 12.0. The Balaban J connectivity index is 2.04. The Labute approximate surface area is 106 Å². The molecular formula is C12H19N3O3. The summed E-state index contributed by atoms with van der Waals surface area (Å²) in [5.41, 5.74) is 0.445. The van der Waals surface area contributed by atoms with E-state index in [1.165, 1.54) is 4.68 Å². The van der Waals surface area contributed by atoms with Gasteiger partial charge in [0.15, 0.2) is 0 Å². The van der Waals surface area contributed by atoms with E-state index in [4.69, 9.17) is 0 Å². The van der Waals surface area contributed by atoms with Gasteiger partial charge in [-0.15, -0.1) is 0 Å². The number of nitrogens with zero attached hydrogens (tertiary/aromatic N) is 2. The van der Waals surface area contributed by atoms with Crippen LogP contribution in [0.2, 0.25) is 0 Å². The summed E-state index contributed by atoms with van der Waals surface area (Å²) in [6.45, 7) is 0. The zero-order valence-corrected chi connectivity index (χ0v) is 10.4. The first-order valence-electron chi connectivity index (χ1n) is 6.24. The highest BCUT2D eigenvalue weighted by Gasteiger charge is 2.30. The third-order valence-corrected chi connectivity index (χ3v) is 3.44. The molecule has 1 amide bonds. The molecule has 1 aromatic rings. The topological polar surface area (TPSA) is 87.4 Å². The van der Waals surface area contributed by atoms with Crippen molar-refractivity contribution in [1.29, 1.82) is 0 Å². The lowest BCUT2D eigenvalue weighted by Gasteiger charge is -2.24. The van der Waals surface area contributed by atoms with Gasteiger partial charge in [0.1, 0.15) is 5.69 Å². The summed E-state index contributed by atoms with van der Waals surface area (Å²) < 4.78 is 1.48. The van der Waals surface area contributed by atoms with Crippen LogP contribution in [0.3, 0.4) is 0 Å². The standard InChI is InChI=1S/C12H19N3O3/c1-15-9(6-7-13-15)12(18)14-8-4-2-3-5-10(16)11(8)17/h6-8,10-11,16-17H,2-5H2,1H3,(H,14,18)/t8-,10-,11-/m1/s1. The maximum Gasteiger partial charge on any atom is 0.269 e. The van der Waals surface area contributed by atoms with Gasteiger partial charge >= 0.3 is 0 Å². The van der Waals surface area contributed by atoms with Gasteiger partial charge in [0.25, 0.3) is 5.91 Å². The summed E-state index contributed by atoms with van der Waals surface area (Å²) in [4.78, 5) is 12.0. The molecule has 1 saturated carbocycles. The van der Waals surface area contributed by atoms with Crippen molar-refractivity contribution in [2.24, 2.45) is 7.05 Å². The van der Waals surface area contributed by atoms with Crippen molar-refractivity contribution in [1.82, 2.24) is 15.1 Å². The minimum atomic E-state index is -0.898. The van der Waals surface area contributed by atoms with Gasteiger partial charge in [-0.2, -0.15) is 5.10 Å². The fourth-order valence-electron chi connectivity index (χ4n) is 2.32. The molecule has 1 aliphatic rings. The van der Waals surface area contributed by atoms with Crippen LogP contribution in [0.5, 0.6) is 0 Å². The number of aliphatic hydroxyl groups excluding tert-OH is 2. The van der Waals surface area contributed by atoms with E-state index in [0.717, 1.165) is 12.8 Å². The Morgan fingerprint density at radius 2 is 2.17 bits per heavy atom. The summed E-state index contributed by atoms with van der Waals surface area (Å²) in [5.74, 6) is -0.270. The molecule has 2 rings (SSSR count). The van der Waals surface area contributed by atoms with Crippen LogP contribution >= 0.6 is 0 Å². The molecule has 6 heteroatoms. The molecule has 0 aromatic carbocycles. The monoisotopic (exact) mass is 253 g/mol. The van der Waals surface area contributed by atoms with Crippen LogP contribution in [-0.2, 0) is 7.05 Å². The summed E-state index contributed by atoms with van der Waals surface area (Å²) >= 11 is 0. The minimum Gasteiger partial charge on any atom is -0.390 e. The first kappa shape index (κ1) is 13.0. The first-order valence-corrected chi connectivity index (χ1v) is 6.24. The fourth-order valence-corrected chi connectivity index (χ4v) is 2.32. The second kappa shape index (κ2) is 5.49. The fraction of sp³-hybridized carbons (Fsp3) is 0.667. The second-order valence-corrected chi connectivity index (χ2v) is 4.76. The highest BCUT2D eigenvalue weighted by molar-refractivity contribution is 5.92. The van der Waals surface area contributed by atoms with Crippen LogP contribution in [0.15, 0.2) is 12.3 Å². The van der Waals surface area contributed by atoms with Crippen molar-refractivity contribution < 1.29 is 15.0 Å². The van der Waals surface area contributed by atoms with Crippen molar-refractivity contribution in [3.63, 3.8) is 0 Å². The number of amides is 1. The Morgan fingerprint density at radius 1 is 1.44 bits per heavy atom. The van der Waals surface area contributed by atoms with Crippen molar-refractivity contribution in [2.75, 3.05) is 0 Å². The second-order valence-electron chi connectivity index (χ2n) is 4.76. The molecule has 3 atom stereocenters. The largest absolute Gasteiger partial charge is 0.390 e. The van der Waals surface area contributed by atoms with Gasteiger partial charge in [-0.05, 0) is 18.9 Å². The van der Waals surface area contributed by atoms with Gasteiger partial charge in [0.2, 0.25) is 0 Å². The number of hydrogen-bond acceptors (Lipinski definition) is 4. The van der Waals surface area contributed by atoms with Crippen LogP contribution in [0, 0.1) is 0 Å². The predicted molar refractivity (Wildman–Crippen MR) is 64.9 cm³/mol. The number of rotatable bonds is 2. The molecule has 0 unspecified atom stereocenters. The van der Waals surface area contributed by atoms with Gasteiger partial charge in [-0.1, -0.05) is 12.8 Å². The maximum atomic E-state index is 12.0. The lowest BCUT2D eigenvalue weighted by molar-refractivity contribution is -0.00132. The zero-order valence-electron chi connectivity index (χ0n) is 10.4. The average Bonchev–Trinajstić information content (AvgIpc) is 2.71. The van der Waals surface area contributed by atoms with E-state index < -0.39 is 18.2 Å². The average molecular weight is 253 g/mol. The lowest BCUT2D eigenvalue weighted by Crippen LogP contribution is -2.47. The Hall–Kier alpha value is -1.40. The predicted octanol–water partition coefficient (Wildman–Crippen LogP) is -0.186. The Bertz CT molecular complexity index is 418. The highest BCUT2D eigenvalue weighted by Crippen LogP contribution is 2.19. The van der Waals surface area contributed by atoms with Crippen molar-refractivity contribution in [3.8, 4) is 0 Å². The van der Waals surface area contributed by atoms with E-state index in [1.54, 1.807) is 19.3 Å². The Morgan fingerprint density at radius 3 is 2.83 bits per heavy atom. The quantitative estimate of drug-likeness (QED) is 0.638. The van der Waals surface area contributed by atoms with E-state index in [1.807, 2.05) is 0 Å². The molecule has 0 saturated heterocycles. The van der Waals surface area contributed by atoms with Crippen LogP contribution in [0.1, 0.15) is 36.2 Å². The van der Waals surface area contributed by atoms with E-state index in [-0.39, 0.29) is 5.91 Å². The number of carbonyl (C=O) groups is 1. The minimum absolute atomic E-state index is 0.270. The van der Waals surface area contributed by atoms with Crippen LogP contribution in [0.25, 0.3) is 0 Å². The van der Waals surface area contributed by atoms with Crippen molar-refractivity contribution in [2.45, 2.75) is 43.9 Å². The highest BCUT2D eigenvalue weighted by atomic mass is 16.3. The van der Waals surface area contributed by atoms with Gasteiger partial charge in [0, 0.05) is 13.2 Å². The number of hydrogen-bond donors (Lipinski definition) is 3. The van der Waals surface area contributed by atoms with Gasteiger partial charge in [0.05, 0.1) is 18.2 Å². The molecule has 1 aliphatic carbocycles. The molecule has 0 spiro atoms. The summed E-state index contributed by atoms with van der Waals surface area (Å²) in [6, 6.07) is 1.22. The molecule has 0 aliphatic heterocycles. The number of nitrogens with one attached hydrogen (secondary N) is 1. The number of aryl methyl sites for hydroxylation is 1. The van der Waals surface area contributed by atoms with Gasteiger partial charge < -0.3 is 15.5 Å². The summed E-state index contributed by atoms with van der Waals surface area (Å²) in [6.07, 6.45) is 2.92.